The van der Waals surface area contributed by atoms with E-state index in [1.54, 1.807) is 0 Å². The highest BCUT2D eigenvalue weighted by Gasteiger charge is 2.27. The third kappa shape index (κ3) is 5.18. The van der Waals surface area contributed by atoms with Gasteiger partial charge in [-0.3, -0.25) is 9.69 Å². The Kier molecular flexibility index (Phi) is 6.29. The molecule has 5 heteroatoms. The predicted octanol–water partition coefficient (Wildman–Crippen LogP) is 2.49. The lowest BCUT2D eigenvalue weighted by molar-refractivity contribution is -0.133. The van der Waals surface area contributed by atoms with Crippen LogP contribution in [0.5, 0.6) is 0 Å². The standard InChI is InChI=1S/C20H32N4O/c1-17(2)14-20(25)24-9-5-6-18(16-24)15-22-10-12-23(13-11-22)19-7-3-4-8-21-19/h3-4,7-8,17-18H,5-6,9-16H2,1-2H3/t18-/m1/s1. The van der Waals surface area contributed by atoms with Crippen LogP contribution in [0.1, 0.15) is 33.1 Å². The van der Waals surface area contributed by atoms with E-state index >= 15 is 0 Å². The van der Waals surface area contributed by atoms with E-state index in [-0.39, 0.29) is 0 Å². The number of hydrogen-bond acceptors (Lipinski definition) is 4. The molecular weight excluding hydrogens is 312 g/mol. The number of anilines is 1. The first-order valence-electron chi connectivity index (χ1n) is 9.78. The average molecular weight is 345 g/mol. The Hall–Kier alpha value is -1.62. The number of carbonyl (C=O) groups is 1. The Balaban J connectivity index is 1.45. The second-order valence-electron chi connectivity index (χ2n) is 7.92. The fraction of sp³-hybridized carbons (Fsp3) is 0.700. The Labute approximate surface area is 152 Å². The molecular formula is C20H32N4O. The molecule has 0 saturated carbocycles. The first kappa shape index (κ1) is 18.2. The number of nitrogens with zero attached hydrogens (tertiary/aromatic N) is 4. The first-order chi connectivity index (χ1) is 12.1. The summed E-state index contributed by atoms with van der Waals surface area (Å²) in [6, 6.07) is 6.11. The number of piperidine rings is 1. The van der Waals surface area contributed by atoms with Crippen molar-refractivity contribution in [2.45, 2.75) is 33.1 Å². The number of amides is 1. The van der Waals surface area contributed by atoms with Crippen molar-refractivity contribution in [2.24, 2.45) is 11.8 Å². The van der Waals surface area contributed by atoms with Gasteiger partial charge >= 0.3 is 0 Å². The molecule has 1 aromatic rings. The summed E-state index contributed by atoms with van der Waals surface area (Å²) in [4.78, 5) is 23.9. The lowest BCUT2D eigenvalue weighted by Gasteiger charge is -2.39. The van der Waals surface area contributed by atoms with Crippen molar-refractivity contribution in [1.29, 1.82) is 0 Å². The van der Waals surface area contributed by atoms with Gasteiger partial charge in [-0.2, -0.15) is 0 Å². The van der Waals surface area contributed by atoms with Crippen molar-refractivity contribution in [3.63, 3.8) is 0 Å². The quantitative estimate of drug-likeness (QED) is 0.823. The molecule has 3 heterocycles. The molecule has 1 aromatic heterocycles. The molecule has 0 unspecified atom stereocenters. The van der Waals surface area contributed by atoms with Gasteiger partial charge in [0.15, 0.2) is 0 Å². The number of piperazine rings is 1. The zero-order valence-corrected chi connectivity index (χ0v) is 15.7. The lowest BCUT2D eigenvalue weighted by atomic mass is 9.96. The minimum absolute atomic E-state index is 0.347. The van der Waals surface area contributed by atoms with Crippen LogP contribution in [-0.4, -0.2) is 66.5 Å². The van der Waals surface area contributed by atoms with Crippen LogP contribution in [0.15, 0.2) is 24.4 Å². The minimum Gasteiger partial charge on any atom is -0.354 e. The van der Waals surface area contributed by atoms with Crippen LogP contribution in [0, 0.1) is 11.8 Å². The van der Waals surface area contributed by atoms with E-state index in [1.807, 2.05) is 12.3 Å². The third-order valence-corrected chi connectivity index (χ3v) is 5.32. The predicted molar refractivity (Wildman–Crippen MR) is 102 cm³/mol. The van der Waals surface area contributed by atoms with Crippen LogP contribution < -0.4 is 4.90 Å². The SMILES string of the molecule is CC(C)CC(=O)N1CCC[C@H](CN2CCN(c3ccccn3)CC2)C1. The number of pyridine rings is 1. The maximum atomic E-state index is 12.3. The molecule has 2 aliphatic heterocycles. The molecule has 0 N–H and O–H groups in total. The minimum atomic E-state index is 0.347. The summed E-state index contributed by atoms with van der Waals surface area (Å²) < 4.78 is 0. The van der Waals surface area contributed by atoms with E-state index in [4.69, 9.17) is 0 Å². The molecule has 5 nitrogen and oxygen atoms in total. The summed E-state index contributed by atoms with van der Waals surface area (Å²) in [6.07, 6.45) is 4.97. The first-order valence-corrected chi connectivity index (χ1v) is 9.78. The Bertz CT molecular complexity index is 540. The largest absolute Gasteiger partial charge is 0.354 e. The number of hydrogen-bond donors (Lipinski definition) is 0. The highest BCUT2D eigenvalue weighted by Crippen LogP contribution is 2.21. The van der Waals surface area contributed by atoms with E-state index in [0.29, 0.717) is 24.2 Å². The molecule has 0 radical (unpaired) electrons. The van der Waals surface area contributed by atoms with Gasteiger partial charge < -0.3 is 9.80 Å². The fourth-order valence-corrected chi connectivity index (χ4v) is 3.98. The third-order valence-electron chi connectivity index (χ3n) is 5.32. The van der Waals surface area contributed by atoms with Crippen LogP contribution in [0.2, 0.25) is 0 Å². The van der Waals surface area contributed by atoms with Crippen LogP contribution in [0.25, 0.3) is 0 Å². The summed E-state index contributed by atoms with van der Waals surface area (Å²) in [5, 5.41) is 0. The van der Waals surface area contributed by atoms with E-state index in [1.165, 1.54) is 6.42 Å². The van der Waals surface area contributed by atoms with Gasteiger partial charge in [0.05, 0.1) is 0 Å². The second kappa shape index (κ2) is 8.65. The second-order valence-corrected chi connectivity index (χ2v) is 7.92. The summed E-state index contributed by atoms with van der Waals surface area (Å²) in [5.41, 5.74) is 0. The number of likely N-dealkylation sites (tertiary alicyclic amines) is 1. The molecule has 0 spiro atoms. The van der Waals surface area contributed by atoms with Gasteiger partial charge in [0.2, 0.25) is 5.91 Å². The van der Waals surface area contributed by atoms with Crippen molar-refractivity contribution < 1.29 is 4.79 Å². The van der Waals surface area contributed by atoms with Crippen molar-refractivity contribution in [1.82, 2.24) is 14.8 Å². The molecule has 0 aliphatic carbocycles. The topological polar surface area (TPSA) is 39.7 Å². The smallest absolute Gasteiger partial charge is 0.222 e. The summed E-state index contributed by atoms with van der Waals surface area (Å²) in [7, 11) is 0. The van der Waals surface area contributed by atoms with Gasteiger partial charge in [-0.15, -0.1) is 0 Å². The highest BCUT2D eigenvalue weighted by molar-refractivity contribution is 5.76. The van der Waals surface area contributed by atoms with Crippen molar-refractivity contribution in [2.75, 3.05) is 50.7 Å². The van der Waals surface area contributed by atoms with E-state index in [0.717, 1.165) is 58.1 Å². The van der Waals surface area contributed by atoms with Gasteiger partial charge in [-0.05, 0) is 36.8 Å². The van der Waals surface area contributed by atoms with Crippen LogP contribution >= 0.6 is 0 Å². The average Bonchev–Trinajstić information content (AvgIpc) is 2.63. The van der Waals surface area contributed by atoms with Crippen LogP contribution in [0.3, 0.4) is 0 Å². The number of aromatic nitrogens is 1. The van der Waals surface area contributed by atoms with Crippen molar-refractivity contribution in [3.05, 3.63) is 24.4 Å². The Morgan fingerprint density at radius 3 is 2.68 bits per heavy atom. The monoisotopic (exact) mass is 344 g/mol. The normalized spacial score (nSPS) is 22.4. The molecule has 2 fully saturated rings. The van der Waals surface area contributed by atoms with Gasteiger partial charge in [0, 0.05) is 58.4 Å². The number of carbonyl (C=O) groups excluding carboxylic acids is 1. The molecule has 138 valence electrons. The molecule has 2 saturated heterocycles. The molecule has 0 bridgehead atoms. The van der Waals surface area contributed by atoms with Crippen LogP contribution in [-0.2, 0) is 4.79 Å². The Morgan fingerprint density at radius 1 is 1.20 bits per heavy atom. The summed E-state index contributed by atoms with van der Waals surface area (Å²) in [6.45, 7) is 11.5. The fourth-order valence-electron chi connectivity index (χ4n) is 3.98. The maximum Gasteiger partial charge on any atom is 0.222 e. The van der Waals surface area contributed by atoms with E-state index < -0.39 is 0 Å². The molecule has 25 heavy (non-hydrogen) atoms. The van der Waals surface area contributed by atoms with Crippen molar-refractivity contribution in [3.8, 4) is 0 Å². The highest BCUT2D eigenvalue weighted by atomic mass is 16.2. The molecule has 2 aliphatic rings. The zero-order valence-electron chi connectivity index (χ0n) is 15.7. The molecule has 0 aromatic carbocycles. The van der Waals surface area contributed by atoms with Gasteiger partial charge in [-0.1, -0.05) is 19.9 Å². The van der Waals surface area contributed by atoms with E-state index in [2.05, 4.69) is 45.7 Å². The maximum absolute atomic E-state index is 12.3. The molecule has 1 atom stereocenters. The Morgan fingerprint density at radius 2 is 2.00 bits per heavy atom. The van der Waals surface area contributed by atoms with Gasteiger partial charge in [0.25, 0.3) is 0 Å². The zero-order chi connectivity index (χ0) is 17.6. The molecule has 1 amide bonds. The van der Waals surface area contributed by atoms with Gasteiger partial charge in [-0.25, -0.2) is 4.98 Å². The molecule has 3 rings (SSSR count). The van der Waals surface area contributed by atoms with Crippen LogP contribution in [0.4, 0.5) is 5.82 Å². The lowest BCUT2D eigenvalue weighted by Crippen LogP contribution is -2.50. The summed E-state index contributed by atoms with van der Waals surface area (Å²) >= 11 is 0. The van der Waals surface area contributed by atoms with E-state index in [9.17, 15) is 4.79 Å². The van der Waals surface area contributed by atoms with Crippen molar-refractivity contribution >= 4 is 11.7 Å². The number of rotatable bonds is 5. The summed E-state index contributed by atoms with van der Waals surface area (Å²) in [5.74, 6) is 2.52. The van der Waals surface area contributed by atoms with Gasteiger partial charge in [0.1, 0.15) is 5.82 Å².